The molecule has 0 saturated carbocycles. The van der Waals surface area contributed by atoms with Crippen LogP contribution in [0.3, 0.4) is 0 Å². The highest BCUT2D eigenvalue weighted by Gasteiger charge is 1.99. The lowest BCUT2D eigenvalue weighted by molar-refractivity contribution is 0.684. The minimum atomic E-state index is 0.910. The van der Waals surface area contributed by atoms with Crippen LogP contribution in [0.15, 0.2) is 53.0 Å². The van der Waals surface area contributed by atoms with Crippen LogP contribution in [0.5, 0.6) is 0 Å². The summed E-state index contributed by atoms with van der Waals surface area (Å²) in [6.45, 7) is 4.09. The van der Waals surface area contributed by atoms with Gasteiger partial charge in [0, 0.05) is 11.0 Å². The Kier molecular flexibility index (Phi) is 4.97. The smallest absolute Gasteiger partial charge is 0.0220 e. The SMILES string of the molecule is Cc1ccccc1CCNCc1ccccc1Br. The van der Waals surface area contributed by atoms with Gasteiger partial charge in [0.15, 0.2) is 0 Å². The number of rotatable bonds is 5. The molecule has 1 nitrogen and oxygen atoms in total. The van der Waals surface area contributed by atoms with E-state index in [1.54, 1.807) is 0 Å². The van der Waals surface area contributed by atoms with Crippen molar-refractivity contribution in [1.29, 1.82) is 0 Å². The van der Waals surface area contributed by atoms with Crippen LogP contribution in [0.25, 0.3) is 0 Å². The van der Waals surface area contributed by atoms with Crippen molar-refractivity contribution in [2.24, 2.45) is 0 Å². The second kappa shape index (κ2) is 6.72. The van der Waals surface area contributed by atoms with Crippen LogP contribution in [-0.4, -0.2) is 6.54 Å². The van der Waals surface area contributed by atoms with Crippen LogP contribution in [0.2, 0.25) is 0 Å². The van der Waals surface area contributed by atoms with Crippen molar-refractivity contribution >= 4 is 15.9 Å². The number of nitrogens with one attached hydrogen (secondary N) is 1. The summed E-state index contributed by atoms with van der Waals surface area (Å²) in [6.07, 6.45) is 1.08. The minimum Gasteiger partial charge on any atom is -0.312 e. The lowest BCUT2D eigenvalue weighted by Gasteiger charge is -2.08. The second-order valence-corrected chi connectivity index (χ2v) is 5.30. The summed E-state index contributed by atoms with van der Waals surface area (Å²) in [5, 5.41) is 3.49. The quantitative estimate of drug-likeness (QED) is 0.820. The first kappa shape index (κ1) is 13.3. The van der Waals surface area contributed by atoms with E-state index in [0.717, 1.165) is 19.5 Å². The Balaban J connectivity index is 1.80. The van der Waals surface area contributed by atoms with Crippen molar-refractivity contribution < 1.29 is 0 Å². The van der Waals surface area contributed by atoms with E-state index in [4.69, 9.17) is 0 Å². The van der Waals surface area contributed by atoms with Gasteiger partial charge in [0.25, 0.3) is 0 Å². The Hall–Kier alpha value is -1.12. The van der Waals surface area contributed by atoms with Gasteiger partial charge in [-0.3, -0.25) is 0 Å². The van der Waals surface area contributed by atoms with Gasteiger partial charge in [-0.05, 0) is 42.6 Å². The zero-order valence-corrected chi connectivity index (χ0v) is 12.2. The molecule has 0 saturated heterocycles. The fourth-order valence-corrected chi connectivity index (χ4v) is 2.40. The minimum absolute atomic E-state index is 0.910. The van der Waals surface area contributed by atoms with Gasteiger partial charge in [-0.15, -0.1) is 0 Å². The van der Waals surface area contributed by atoms with Crippen LogP contribution in [0.1, 0.15) is 16.7 Å². The molecule has 0 aliphatic heterocycles. The molecule has 0 fully saturated rings. The summed E-state index contributed by atoms with van der Waals surface area (Å²) >= 11 is 3.56. The highest BCUT2D eigenvalue weighted by atomic mass is 79.9. The van der Waals surface area contributed by atoms with Gasteiger partial charge in [0.1, 0.15) is 0 Å². The van der Waals surface area contributed by atoms with Gasteiger partial charge in [0.2, 0.25) is 0 Å². The molecule has 0 aliphatic rings. The lowest BCUT2D eigenvalue weighted by Crippen LogP contribution is -2.17. The Morgan fingerprint density at radius 2 is 1.61 bits per heavy atom. The van der Waals surface area contributed by atoms with E-state index >= 15 is 0 Å². The van der Waals surface area contributed by atoms with Crippen LogP contribution in [0.4, 0.5) is 0 Å². The Morgan fingerprint density at radius 1 is 0.944 bits per heavy atom. The molecule has 0 atom stereocenters. The van der Waals surface area contributed by atoms with Gasteiger partial charge in [-0.2, -0.15) is 0 Å². The van der Waals surface area contributed by atoms with Crippen LogP contribution in [0, 0.1) is 6.92 Å². The third kappa shape index (κ3) is 3.69. The standard InChI is InChI=1S/C16H18BrN/c1-13-6-2-3-7-14(13)10-11-18-12-15-8-4-5-9-16(15)17/h2-9,18H,10-12H2,1H3. The van der Waals surface area contributed by atoms with Gasteiger partial charge < -0.3 is 5.32 Å². The topological polar surface area (TPSA) is 12.0 Å². The molecule has 0 amide bonds. The molecular weight excluding hydrogens is 286 g/mol. The highest BCUT2D eigenvalue weighted by molar-refractivity contribution is 9.10. The number of benzene rings is 2. The Morgan fingerprint density at radius 3 is 2.33 bits per heavy atom. The third-order valence-corrected chi connectivity index (χ3v) is 3.88. The molecule has 2 aromatic rings. The van der Waals surface area contributed by atoms with E-state index in [0.29, 0.717) is 0 Å². The van der Waals surface area contributed by atoms with Crippen LogP contribution in [-0.2, 0) is 13.0 Å². The molecule has 0 aromatic heterocycles. The van der Waals surface area contributed by atoms with E-state index < -0.39 is 0 Å². The maximum absolute atomic E-state index is 3.56. The van der Waals surface area contributed by atoms with Gasteiger partial charge >= 0.3 is 0 Å². The predicted octanol–water partition coefficient (Wildman–Crippen LogP) is 4.09. The molecule has 0 spiro atoms. The van der Waals surface area contributed by atoms with E-state index in [1.165, 1.54) is 21.2 Å². The molecule has 0 aliphatic carbocycles. The van der Waals surface area contributed by atoms with Crippen molar-refractivity contribution in [2.45, 2.75) is 19.9 Å². The summed E-state index contributed by atoms with van der Waals surface area (Å²) in [5.74, 6) is 0. The first-order valence-electron chi connectivity index (χ1n) is 6.26. The summed E-state index contributed by atoms with van der Waals surface area (Å²) in [6, 6.07) is 16.9. The zero-order chi connectivity index (χ0) is 12.8. The monoisotopic (exact) mass is 303 g/mol. The first-order chi connectivity index (χ1) is 8.77. The predicted molar refractivity (Wildman–Crippen MR) is 80.7 cm³/mol. The molecule has 1 N–H and O–H groups in total. The first-order valence-corrected chi connectivity index (χ1v) is 7.05. The normalized spacial score (nSPS) is 10.6. The molecule has 0 bridgehead atoms. The molecule has 2 heteroatoms. The summed E-state index contributed by atoms with van der Waals surface area (Å²) < 4.78 is 1.17. The fraction of sp³-hybridized carbons (Fsp3) is 0.250. The highest BCUT2D eigenvalue weighted by Crippen LogP contribution is 2.15. The molecule has 0 radical (unpaired) electrons. The summed E-state index contributed by atoms with van der Waals surface area (Å²) in [4.78, 5) is 0. The molecule has 2 rings (SSSR count). The number of hydrogen-bond donors (Lipinski definition) is 1. The largest absolute Gasteiger partial charge is 0.312 e. The molecule has 0 heterocycles. The van der Waals surface area contributed by atoms with Gasteiger partial charge in [-0.1, -0.05) is 58.4 Å². The number of aryl methyl sites for hydroxylation is 1. The lowest BCUT2D eigenvalue weighted by atomic mass is 10.1. The summed E-state index contributed by atoms with van der Waals surface area (Å²) in [7, 11) is 0. The van der Waals surface area contributed by atoms with E-state index in [2.05, 4.69) is 70.6 Å². The average Bonchev–Trinajstić information content (AvgIpc) is 2.38. The maximum Gasteiger partial charge on any atom is 0.0220 e. The number of hydrogen-bond acceptors (Lipinski definition) is 1. The maximum atomic E-state index is 3.56. The van der Waals surface area contributed by atoms with Crippen molar-refractivity contribution in [3.05, 3.63) is 69.7 Å². The molecule has 18 heavy (non-hydrogen) atoms. The second-order valence-electron chi connectivity index (χ2n) is 4.44. The van der Waals surface area contributed by atoms with Crippen LogP contribution < -0.4 is 5.32 Å². The Bertz CT molecular complexity index is 460. The molecular formula is C16H18BrN. The van der Waals surface area contributed by atoms with Crippen molar-refractivity contribution in [3.8, 4) is 0 Å². The van der Waals surface area contributed by atoms with Gasteiger partial charge in [-0.25, -0.2) is 0 Å². The molecule has 94 valence electrons. The van der Waals surface area contributed by atoms with Gasteiger partial charge in [0.05, 0.1) is 0 Å². The Labute approximate surface area is 117 Å². The third-order valence-electron chi connectivity index (χ3n) is 3.11. The van der Waals surface area contributed by atoms with E-state index in [9.17, 15) is 0 Å². The molecule has 0 unspecified atom stereocenters. The fourth-order valence-electron chi connectivity index (χ4n) is 1.98. The van der Waals surface area contributed by atoms with Crippen molar-refractivity contribution in [2.75, 3.05) is 6.54 Å². The average molecular weight is 304 g/mol. The van der Waals surface area contributed by atoms with Crippen molar-refractivity contribution in [1.82, 2.24) is 5.32 Å². The van der Waals surface area contributed by atoms with E-state index in [-0.39, 0.29) is 0 Å². The zero-order valence-electron chi connectivity index (χ0n) is 10.6. The molecule has 2 aromatic carbocycles. The van der Waals surface area contributed by atoms with E-state index in [1.807, 2.05) is 6.07 Å². The van der Waals surface area contributed by atoms with Crippen LogP contribution >= 0.6 is 15.9 Å². The number of halogens is 1. The summed E-state index contributed by atoms with van der Waals surface area (Å²) in [5.41, 5.74) is 4.11. The van der Waals surface area contributed by atoms with Crippen molar-refractivity contribution in [3.63, 3.8) is 0 Å².